The van der Waals surface area contributed by atoms with E-state index in [9.17, 15) is 19.8 Å². The lowest BCUT2D eigenvalue weighted by molar-refractivity contribution is -0.674. The largest absolute Gasteiger partial charge is 1.00 e. The van der Waals surface area contributed by atoms with E-state index in [0.717, 1.165) is 72.8 Å². The molecule has 3 aromatic rings. The van der Waals surface area contributed by atoms with Crippen LogP contribution >= 0.6 is 46.4 Å². The molecule has 0 unspecified atom stereocenters. The van der Waals surface area contributed by atoms with Gasteiger partial charge in [-0.25, -0.2) is 9.13 Å². The minimum Gasteiger partial charge on any atom is -1.00 e. The van der Waals surface area contributed by atoms with Gasteiger partial charge < -0.3 is 37.0 Å². The van der Waals surface area contributed by atoms with Gasteiger partial charge in [0.2, 0.25) is 0 Å². The normalized spacial score (nSPS) is 13.3. The van der Waals surface area contributed by atoms with Crippen LogP contribution in [0.15, 0.2) is 42.2 Å². The molecule has 0 radical (unpaired) electrons. The second-order valence-corrected chi connectivity index (χ2v) is 17.6. The number of aryl methyl sites for hydroxylation is 2. The second kappa shape index (κ2) is 28.3. The molecule has 1 aliphatic heterocycles. The zero-order chi connectivity index (χ0) is 42.6. The van der Waals surface area contributed by atoms with Crippen LogP contribution in [0, 0.1) is 0 Å². The minimum absolute atomic E-state index is 0. The van der Waals surface area contributed by atoms with Gasteiger partial charge in [0.05, 0.1) is 44.6 Å². The average Bonchev–Trinajstić information content (AvgIpc) is 3.62. The molecule has 0 saturated heterocycles. The highest BCUT2D eigenvalue weighted by Crippen LogP contribution is 2.46. The lowest BCUT2D eigenvalue weighted by Crippen LogP contribution is -3.00. The maximum atomic E-state index is 11.6. The second-order valence-electron chi connectivity index (χ2n) is 16.0. The number of nitrogens with zero attached hydrogens (tertiary/aromatic N) is 4. The van der Waals surface area contributed by atoms with Gasteiger partial charge in [-0.2, -0.15) is 0 Å². The number of carboxylic acids is 2. The van der Waals surface area contributed by atoms with Crippen LogP contribution < -0.4 is 31.3 Å². The van der Waals surface area contributed by atoms with Crippen LogP contribution in [-0.4, -0.2) is 39.8 Å². The number of carbonyl (C=O) groups is 2. The van der Waals surface area contributed by atoms with Crippen molar-refractivity contribution in [3.8, 4) is 0 Å². The van der Waals surface area contributed by atoms with Gasteiger partial charge in [-0.1, -0.05) is 163 Å². The van der Waals surface area contributed by atoms with Gasteiger partial charge in [0, 0.05) is 44.1 Å². The standard InChI is InChI=1S/C47H66Cl4N4O4.BrH/c1-3-5-7-9-11-13-15-17-19-28-52-40-32-36(48)38(50)34-42(40)54(30-22-26-46(56)57)44(52)24-21-25-45-53(29-20-18-16-14-12-10-8-6-4-2)41-33-37(49)39(51)35-43(41)55(45)31-23-27-47(58)59;/h21,24-25,32-35H,3-20,22-23,26-31H2,1-2H3,(H-,56,57,58,59);1H. The Hall–Kier alpha value is -2.43. The van der Waals surface area contributed by atoms with E-state index >= 15 is 0 Å². The van der Waals surface area contributed by atoms with Crippen LogP contribution in [0.1, 0.15) is 161 Å². The van der Waals surface area contributed by atoms with Crippen LogP contribution in [0.5, 0.6) is 0 Å². The molecule has 0 aliphatic carbocycles. The first-order chi connectivity index (χ1) is 28.6. The van der Waals surface area contributed by atoms with Gasteiger partial charge in [0.1, 0.15) is 5.82 Å². The fourth-order valence-electron chi connectivity index (χ4n) is 8.16. The van der Waals surface area contributed by atoms with Gasteiger partial charge in [-0.3, -0.25) is 9.59 Å². The molecule has 1 aromatic heterocycles. The topological polar surface area (TPSA) is 89.9 Å². The van der Waals surface area contributed by atoms with Gasteiger partial charge in [0.25, 0.3) is 5.82 Å². The average molecular weight is 974 g/mol. The van der Waals surface area contributed by atoms with E-state index in [4.69, 9.17) is 46.4 Å². The number of unbranched alkanes of at least 4 members (excludes halogenated alkanes) is 16. The zero-order valence-corrected chi connectivity index (χ0v) is 40.4. The maximum absolute atomic E-state index is 11.6. The Bertz CT molecular complexity index is 1870. The Morgan fingerprint density at radius 2 is 1.02 bits per heavy atom. The summed E-state index contributed by atoms with van der Waals surface area (Å²) in [6.07, 6.45) is 29.2. The van der Waals surface area contributed by atoms with Crippen molar-refractivity contribution in [2.45, 2.75) is 168 Å². The number of carboxylic acid groups (broad SMARTS) is 2. The number of rotatable bonds is 30. The first kappa shape index (κ1) is 51.9. The number of halogens is 5. The molecule has 1 aliphatic rings. The Balaban J connectivity index is 0.00000961. The molecule has 60 heavy (non-hydrogen) atoms. The van der Waals surface area contributed by atoms with Gasteiger partial charge in [0.15, 0.2) is 11.0 Å². The zero-order valence-electron chi connectivity index (χ0n) is 35.8. The van der Waals surface area contributed by atoms with E-state index in [0.29, 0.717) is 46.0 Å². The number of aromatic nitrogens is 2. The maximum Gasteiger partial charge on any atom is 0.303 e. The highest BCUT2D eigenvalue weighted by molar-refractivity contribution is 6.43. The Labute approximate surface area is 389 Å². The fraction of sp³-hybridized carbons (Fsp3) is 0.596. The monoisotopic (exact) mass is 970 g/mol. The number of allylic oxidation sites excluding steroid dienone is 2. The molecule has 0 amide bonds. The van der Waals surface area contributed by atoms with Crippen molar-refractivity contribution in [1.82, 2.24) is 4.57 Å². The molecule has 4 rings (SSSR count). The third-order valence-corrected chi connectivity index (χ3v) is 12.8. The Morgan fingerprint density at radius 1 is 0.583 bits per heavy atom. The van der Waals surface area contributed by atoms with Crippen molar-refractivity contribution in [2.75, 3.05) is 22.9 Å². The van der Waals surface area contributed by atoms with Crippen molar-refractivity contribution < 1.29 is 41.4 Å². The summed E-state index contributed by atoms with van der Waals surface area (Å²) in [4.78, 5) is 27.7. The smallest absolute Gasteiger partial charge is 0.303 e. The summed E-state index contributed by atoms with van der Waals surface area (Å²) in [6.45, 7) is 7.04. The quantitative estimate of drug-likeness (QED) is 0.0511. The number of fused-ring (bicyclic) bond motifs is 2. The van der Waals surface area contributed by atoms with E-state index in [1.165, 1.54) is 89.9 Å². The molecule has 0 bridgehead atoms. The number of aliphatic carboxylic acids is 2. The van der Waals surface area contributed by atoms with Crippen molar-refractivity contribution in [1.29, 1.82) is 0 Å². The summed E-state index contributed by atoms with van der Waals surface area (Å²) in [6, 6.07) is 7.63. The molecule has 0 saturated carbocycles. The highest BCUT2D eigenvalue weighted by atomic mass is 79.9. The molecule has 0 atom stereocenters. The van der Waals surface area contributed by atoms with Crippen LogP contribution in [0.25, 0.3) is 17.1 Å². The molecular formula is C47H67BrCl4N4O4. The first-order valence-corrected chi connectivity index (χ1v) is 23.9. The molecule has 0 fully saturated rings. The Kier molecular flexibility index (Phi) is 24.5. The van der Waals surface area contributed by atoms with E-state index < -0.39 is 11.9 Å². The summed E-state index contributed by atoms with van der Waals surface area (Å²) >= 11 is 26.5. The molecule has 2 N–H and O–H groups in total. The summed E-state index contributed by atoms with van der Waals surface area (Å²) in [5.41, 5.74) is 3.74. The molecule has 13 heteroatoms. The number of benzene rings is 2. The van der Waals surface area contributed by atoms with Gasteiger partial charge in [-0.05, 0) is 50.3 Å². The summed E-state index contributed by atoms with van der Waals surface area (Å²) in [5.74, 6) is 0.209. The van der Waals surface area contributed by atoms with Crippen LogP contribution in [0.4, 0.5) is 11.4 Å². The van der Waals surface area contributed by atoms with Crippen LogP contribution in [0.2, 0.25) is 20.1 Å². The molecule has 8 nitrogen and oxygen atoms in total. The number of anilines is 2. The van der Waals surface area contributed by atoms with Crippen molar-refractivity contribution in [2.24, 2.45) is 0 Å². The molecule has 0 spiro atoms. The highest BCUT2D eigenvalue weighted by Gasteiger charge is 2.32. The number of hydrogen-bond acceptors (Lipinski definition) is 4. The Morgan fingerprint density at radius 3 is 1.53 bits per heavy atom. The minimum atomic E-state index is -0.831. The van der Waals surface area contributed by atoms with Gasteiger partial charge in [-0.15, -0.1) is 0 Å². The predicted molar refractivity (Wildman–Crippen MR) is 249 cm³/mol. The van der Waals surface area contributed by atoms with Crippen molar-refractivity contribution in [3.05, 3.63) is 68.2 Å². The van der Waals surface area contributed by atoms with E-state index in [-0.39, 0.29) is 29.8 Å². The lowest BCUT2D eigenvalue weighted by Gasteiger charge is -2.25. The van der Waals surface area contributed by atoms with Gasteiger partial charge >= 0.3 is 11.9 Å². The number of imidazole rings is 1. The predicted octanol–water partition coefficient (Wildman–Crippen LogP) is 11.5. The van der Waals surface area contributed by atoms with Crippen molar-refractivity contribution in [3.63, 3.8) is 0 Å². The SMILES string of the molecule is CCCCCCCCCCCN1/C(=C\C=C\c2n(CCCCCCCCCCC)c3cc(Cl)c(Cl)cc3[n+]2CCCC(=O)O)N(CCCC(=O)O)c2cc(Cl)c(Cl)cc21.[Br-]. The fourth-order valence-corrected chi connectivity index (χ4v) is 8.79. The lowest BCUT2D eigenvalue weighted by atomic mass is 10.1. The number of hydrogen-bond donors (Lipinski definition) is 2. The van der Waals surface area contributed by atoms with E-state index in [2.05, 4.69) is 51.0 Å². The molecule has 2 heterocycles. The summed E-state index contributed by atoms with van der Waals surface area (Å²) in [7, 11) is 0. The third-order valence-electron chi connectivity index (χ3n) is 11.3. The third kappa shape index (κ3) is 16.0. The van der Waals surface area contributed by atoms with Crippen molar-refractivity contribution >= 4 is 86.8 Å². The first-order valence-electron chi connectivity index (χ1n) is 22.3. The summed E-state index contributed by atoms with van der Waals surface area (Å²) < 4.78 is 4.46. The van der Waals surface area contributed by atoms with E-state index in [1.807, 2.05) is 24.3 Å². The van der Waals surface area contributed by atoms with E-state index in [1.54, 1.807) is 0 Å². The summed E-state index contributed by atoms with van der Waals surface area (Å²) in [5, 5.41) is 20.9. The molecule has 2 aromatic carbocycles. The molecular weight excluding hydrogens is 906 g/mol. The molecule has 334 valence electrons. The van der Waals surface area contributed by atoms with Crippen LogP contribution in [0.3, 0.4) is 0 Å². The van der Waals surface area contributed by atoms with Crippen LogP contribution in [-0.2, 0) is 22.7 Å².